The van der Waals surface area contributed by atoms with Crippen LogP contribution in [0.3, 0.4) is 0 Å². The maximum Gasteiger partial charge on any atom is 0.260 e. The molecule has 28 heavy (non-hydrogen) atoms. The standard InChI is InChI=1S/C24H27ClN2O/c1-4-5-9-18(2)16-24(17-20-12-14-21(25)15-13-20)19(3)26-27(23(24)28)22-10-7-6-8-11-22/h6-8,10-15H,2,4-5,9,16-17H2,1,3H3. The molecule has 0 bridgehead atoms. The van der Waals surface area contributed by atoms with Crippen molar-refractivity contribution in [3.8, 4) is 0 Å². The van der Waals surface area contributed by atoms with Crippen molar-refractivity contribution >= 4 is 28.9 Å². The molecule has 2 aromatic rings. The molecule has 0 spiro atoms. The average molecular weight is 395 g/mol. The summed E-state index contributed by atoms with van der Waals surface area (Å²) in [6, 6.07) is 17.3. The summed E-state index contributed by atoms with van der Waals surface area (Å²) in [4.78, 5) is 13.7. The first-order valence-electron chi connectivity index (χ1n) is 9.82. The van der Waals surface area contributed by atoms with Crippen molar-refractivity contribution < 1.29 is 4.79 Å². The predicted molar refractivity (Wildman–Crippen MR) is 118 cm³/mol. The number of allylic oxidation sites excluding steroid dienone is 1. The lowest BCUT2D eigenvalue weighted by molar-refractivity contribution is -0.123. The van der Waals surface area contributed by atoms with Crippen molar-refractivity contribution in [3.63, 3.8) is 0 Å². The van der Waals surface area contributed by atoms with Gasteiger partial charge in [0.25, 0.3) is 5.91 Å². The van der Waals surface area contributed by atoms with E-state index in [0.717, 1.165) is 41.8 Å². The van der Waals surface area contributed by atoms with Gasteiger partial charge in [0, 0.05) is 5.02 Å². The van der Waals surface area contributed by atoms with Gasteiger partial charge in [-0.1, -0.05) is 67.4 Å². The summed E-state index contributed by atoms with van der Waals surface area (Å²) < 4.78 is 0. The Balaban J connectivity index is 1.96. The average Bonchev–Trinajstić information content (AvgIpc) is 2.94. The number of carbonyl (C=O) groups is 1. The van der Waals surface area contributed by atoms with Crippen LogP contribution in [0.1, 0.15) is 45.1 Å². The van der Waals surface area contributed by atoms with E-state index in [9.17, 15) is 4.79 Å². The van der Waals surface area contributed by atoms with E-state index in [-0.39, 0.29) is 5.91 Å². The third-order valence-corrected chi connectivity index (χ3v) is 5.65. The van der Waals surface area contributed by atoms with Gasteiger partial charge in [-0.2, -0.15) is 10.1 Å². The first kappa shape index (κ1) is 20.3. The number of halogens is 1. The van der Waals surface area contributed by atoms with Crippen LogP contribution in [0.2, 0.25) is 5.02 Å². The molecule has 1 heterocycles. The van der Waals surface area contributed by atoms with E-state index in [0.29, 0.717) is 17.9 Å². The molecule has 0 radical (unpaired) electrons. The Hall–Kier alpha value is -2.39. The molecule has 1 aliphatic rings. The van der Waals surface area contributed by atoms with Gasteiger partial charge in [0.05, 0.1) is 16.8 Å². The Morgan fingerprint density at radius 1 is 1.14 bits per heavy atom. The molecule has 1 aliphatic heterocycles. The summed E-state index contributed by atoms with van der Waals surface area (Å²) in [7, 11) is 0. The van der Waals surface area contributed by atoms with E-state index in [2.05, 4.69) is 18.6 Å². The largest absolute Gasteiger partial charge is 0.271 e. The molecule has 1 atom stereocenters. The molecule has 1 amide bonds. The molecule has 1 unspecified atom stereocenters. The van der Waals surface area contributed by atoms with Crippen LogP contribution in [0.5, 0.6) is 0 Å². The number of hydrazone groups is 1. The summed E-state index contributed by atoms with van der Waals surface area (Å²) in [5, 5.41) is 6.92. The Morgan fingerprint density at radius 3 is 2.46 bits per heavy atom. The topological polar surface area (TPSA) is 32.7 Å². The highest BCUT2D eigenvalue weighted by Gasteiger charge is 2.49. The molecule has 2 aromatic carbocycles. The van der Waals surface area contributed by atoms with Gasteiger partial charge in [-0.15, -0.1) is 0 Å². The number of nitrogens with zero attached hydrogens (tertiary/aromatic N) is 2. The predicted octanol–water partition coefficient (Wildman–Crippen LogP) is 6.43. The number of anilines is 1. The Morgan fingerprint density at radius 2 is 1.82 bits per heavy atom. The number of unbranched alkanes of at least 4 members (excludes halogenated alkanes) is 1. The first-order valence-corrected chi connectivity index (χ1v) is 10.2. The van der Waals surface area contributed by atoms with Gasteiger partial charge in [0.2, 0.25) is 0 Å². The van der Waals surface area contributed by atoms with Crippen molar-refractivity contribution in [3.05, 3.63) is 77.3 Å². The van der Waals surface area contributed by atoms with Gasteiger partial charge in [-0.25, -0.2) is 0 Å². The lowest BCUT2D eigenvalue weighted by Crippen LogP contribution is -2.41. The molecule has 3 rings (SSSR count). The Kier molecular flexibility index (Phi) is 6.35. The van der Waals surface area contributed by atoms with Crippen molar-refractivity contribution in [2.24, 2.45) is 10.5 Å². The lowest BCUT2D eigenvalue weighted by Gasteiger charge is -2.29. The van der Waals surface area contributed by atoms with E-state index < -0.39 is 5.41 Å². The minimum atomic E-state index is -0.700. The number of hydrogen-bond donors (Lipinski definition) is 0. The van der Waals surface area contributed by atoms with E-state index in [1.165, 1.54) is 0 Å². The van der Waals surface area contributed by atoms with Crippen LogP contribution in [0.15, 0.2) is 71.9 Å². The number of para-hydroxylation sites is 1. The molecule has 0 saturated carbocycles. The van der Waals surface area contributed by atoms with Crippen LogP contribution >= 0.6 is 11.6 Å². The second kappa shape index (κ2) is 8.74. The fourth-order valence-electron chi connectivity index (χ4n) is 3.76. The van der Waals surface area contributed by atoms with Crippen molar-refractivity contribution in [2.75, 3.05) is 5.01 Å². The van der Waals surface area contributed by atoms with Gasteiger partial charge in [0.1, 0.15) is 0 Å². The molecule has 4 heteroatoms. The second-order valence-corrected chi connectivity index (χ2v) is 7.99. The van der Waals surface area contributed by atoms with E-state index in [1.54, 1.807) is 5.01 Å². The second-order valence-electron chi connectivity index (χ2n) is 7.55. The monoisotopic (exact) mass is 394 g/mol. The van der Waals surface area contributed by atoms with Crippen LogP contribution in [0.25, 0.3) is 0 Å². The van der Waals surface area contributed by atoms with Gasteiger partial charge in [-0.3, -0.25) is 4.79 Å². The summed E-state index contributed by atoms with van der Waals surface area (Å²) >= 11 is 6.05. The summed E-state index contributed by atoms with van der Waals surface area (Å²) in [6.07, 6.45) is 4.34. The smallest absolute Gasteiger partial charge is 0.260 e. The van der Waals surface area contributed by atoms with Gasteiger partial charge < -0.3 is 0 Å². The van der Waals surface area contributed by atoms with Gasteiger partial charge in [-0.05, 0) is 62.4 Å². The maximum absolute atomic E-state index is 13.7. The van der Waals surface area contributed by atoms with Crippen molar-refractivity contribution in [2.45, 2.75) is 46.0 Å². The Bertz CT molecular complexity index is 873. The van der Waals surface area contributed by atoms with E-state index in [1.807, 2.05) is 61.5 Å². The lowest BCUT2D eigenvalue weighted by atomic mass is 9.72. The zero-order chi connectivity index (χ0) is 20.1. The highest BCUT2D eigenvalue weighted by Crippen LogP contribution is 2.41. The molecule has 0 saturated heterocycles. The number of rotatable bonds is 8. The quantitative estimate of drug-likeness (QED) is 0.475. The summed E-state index contributed by atoms with van der Waals surface area (Å²) in [5.74, 6) is 0.0174. The third-order valence-electron chi connectivity index (χ3n) is 5.40. The number of benzene rings is 2. The Labute approximate surface area is 172 Å². The molecular weight excluding hydrogens is 368 g/mol. The highest BCUT2D eigenvalue weighted by molar-refractivity contribution is 6.30. The third kappa shape index (κ3) is 4.20. The van der Waals surface area contributed by atoms with Crippen molar-refractivity contribution in [1.82, 2.24) is 0 Å². The molecule has 146 valence electrons. The summed E-state index contributed by atoms with van der Waals surface area (Å²) in [6.45, 7) is 8.41. The molecule has 3 nitrogen and oxygen atoms in total. The molecule has 0 aromatic heterocycles. The molecule has 0 fully saturated rings. The zero-order valence-corrected chi connectivity index (χ0v) is 17.4. The summed E-state index contributed by atoms with van der Waals surface area (Å²) in [5.41, 5.74) is 3.12. The molecule has 0 N–H and O–H groups in total. The van der Waals surface area contributed by atoms with Gasteiger partial charge in [0.15, 0.2) is 0 Å². The van der Waals surface area contributed by atoms with Crippen LogP contribution in [0, 0.1) is 5.41 Å². The first-order chi connectivity index (χ1) is 13.5. The normalized spacial score (nSPS) is 19.0. The van der Waals surface area contributed by atoms with Crippen LogP contribution in [0.4, 0.5) is 5.69 Å². The number of hydrogen-bond acceptors (Lipinski definition) is 2. The fourth-order valence-corrected chi connectivity index (χ4v) is 3.88. The van der Waals surface area contributed by atoms with E-state index >= 15 is 0 Å². The fraction of sp³-hybridized carbons (Fsp3) is 0.333. The van der Waals surface area contributed by atoms with Crippen molar-refractivity contribution in [1.29, 1.82) is 0 Å². The SMILES string of the molecule is C=C(CCCC)CC1(Cc2ccc(Cl)cc2)C(=O)N(c2ccccc2)N=C1C. The van der Waals surface area contributed by atoms with Crippen LogP contribution < -0.4 is 5.01 Å². The van der Waals surface area contributed by atoms with Crippen LogP contribution in [-0.2, 0) is 11.2 Å². The minimum Gasteiger partial charge on any atom is -0.271 e. The highest BCUT2D eigenvalue weighted by atomic mass is 35.5. The minimum absolute atomic E-state index is 0.0174. The van der Waals surface area contributed by atoms with Crippen LogP contribution in [-0.4, -0.2) is 11.6 Å². The number of carbonyl (C=O) groups excluding carboxylic acids is 1. The zero-order valence-electron chi connectivity index (χ0n) is 16.6. The molecule has 0 aliphatic carbocycles. The maximum atomic E-state index is 13.7. The molecular formula is C24H27ClN2O. The van der Waals surface area contributed by atoms with E-state index in [4.69, 9.17) is 11.6 Å². The van der Waals surface area contributed by atoms with Gasteiger partial charge >= 0.3 is 0 Å². The number of amides is 1.